The molecule has 1 aliphatic rings. The first-order valence-corrected chi connectivity index (χ1v) is 4.14. The monoisotopic (exact) mass is 188 g/mol. The summed E-state index contributed by atoms with van der Waals surface area (Å²) in [5.74, 6) is -3.48. The zero-order chi connectivity index (χ0) is 10.0. The Balaban J connectivity index is 2.62. The highest BCUT2D eigenvalue weighted by atomic mass is 16.4. The van der Waals surface area contributed by atoms with Crippen molar-refractivity contribution in [3.05, 3.63) is 0 Å². The van der Waals surface area contributed by atoms with E-state index in [2.05, 4.69) is 0 Å². The standard InChI is InChI=1S/C8H12O5/c9-6-2-4(7(10)11)1-5(3-6)8(12)13/h4-6,9H,1-3H2,(H,10,11)(H,12,13). The van der Waals surface area contributed by atoms with Crippen LogP contribution in [0.2, 0.25) is 0 Å². The van der Waals surface area contributed by atoms with Crippen molar-refractivity contribution in [2.75, 3.05) is 0 Å². The number of carbonyl (C=O) groups is 2. The molecule has 2 unspecified atom stereocenters. The zero-order valence-corrected chi connectivity index (χ0v) is 7.01. The molecule has 3 N–H and O–H groups in total. The molecule has 0 saturated heterocycles. The third-order valence-electron chi connectivity index (χ3n) is 2.38. The number of rotatable bonds is 2. The minimum absolute atomic E-state index is 0.127. The van der Waals surface area contributed by atoms with Crippen LogP contribution in [0.15, 0.2) is 0 Å². The third-order valence-corrected chi connectivity index (χ3v) is 2.38. The van der Waals surface area contributed by atoms with Gasteiger partial charge in [-0.2, -0.15) is 0 Å². The average molecular weight is 188 g/mol. The van der Waals surface area contributed by atoms with E-state index in [0.29, 0.717) is 0 Å². The maximum absolute atomic E-state index is 10.6. The maximum Gasteiger partial charge on any atom is 0.306 e. The van der Waals surface area contributed by atoms with E-state index in [1.54, 1.807) is 0 Å². The van der Waals surface area contributed by atoms with Crippen molar-refractivity contribution in [2.24, 2.45) is 11.8 Å². The molecule has 1 aliphatic carbocycles. The van der Waals surface area contributed by atoms with E-state index in [-0.39, 0.29) is 19.3 Å². The highest BCUT2D eigenvalue weighted by Crippen LogP contribution is 2.29. The molecular weight excluding hydrogens is 176 g/mol. The first kappa shape index (κ1) is 9.98. The number of aliphatic carboxylic acids is 2. The van der Waals surface area contributed by atoms with Gasteiger partial charge < -0.3 is 15.3 Å². The van der Waals surface area contributed by atoms with Gasteiger partial charge in [0.25, 0.3) is 0 Å². The largest absolute Gasteiger partial charge is 0.481 e. The van der Waals surface area contributed by atoms with Crippen LogP contribution in [0.3, 0.4) is 0 Å². The number of carboxylic acid groups (broad SMARTS) is 2. The molecule has 0 heterocycles. The summed E-state index contributed by atoms with van der Waals surface area (Å²) >= 11 is 0. The average Bonchev–Trinajstić information content (AvgIpc) is 2.03. The van der Waals surface area contributed by atoms with E-state index in [0.717, 1.165) is 0 Å². The Morgan fingerprint density at radius 3 is 1.62 bits per heavy atom. The van der Waals surface area contributed by atoms with E-state index in [1.165, 1.54) is 0 Å². The summed E-state index contributed by atoms with van der Waals surface area (Å²) in [7, 11) is 0. The van der Waals surface area contributed by atoms with E-state index >= 15 is 0 Å². The summed E-state index contributed by atoms with van der Waals surface area (Å²) in [6.45, 7) is 0. The van der Waals surface area contributed by atoms with E-state index in [9.17, 15) is 14.7 Å². The fourth-order valence-corrected chi connectivity index (χ4v) is 1.69. The second-order valence-electron chi connectivity index (χ2n) is 3.43. The minimum atomic E-state index is -1.02. The lowest BCUT2D eigenvalue weighted by atomic mass is 9.80. The summed E-state index contributed by atoms with van der Waals surface area (Å²) < 4.78 is 0. The first-order valence-electron chi connectivity index (χ1n) is 4.14. The number of hydrogen-bond acceptors (Lipinski definition) is 3. The van der Waals surface area contributed by atoms with Gasteiger partial charge in [0.05, 0.1) is 17.9 Å². The highest BCUT2D eigenvalue weighted by molar-refractivity contribution is 5.74. The van der Waals surface area contributed by atoms with Crippen molar-refractivity contribution < 1.29 is 24.9 Å². The van der Waals surface area contributed by atoms with Crippen LogP contribution in [-0.4, -0.2) is 33.4 Å². The quantitative estimate of drug-likeness (QED) is 0.564. The van der Waals surface area contributed by atoms with Gasteiger partial charge in [-0.25, -0.2) is 0 Å². The molecule has 0 aliphatic heterocycles. The van der Waals surface area contributed by atoms with Crippen molar-refractivity contribution in [3.8, 4) is 0 Å². The molecule has 1 rings (SSSR count). The molecular formula is C8H12O5. The predicted octanol–water partition coefficient (Wildman–Crippen LogP) is -0.0672. The van der Waals surface area contributed by atoms with Crippen molar-refractivity contribution in [1.29, 1.82) is 0 Å². The minimum Gasteiger partial charge on any atom is -0.481 e. The summed E-state index contributed by atoms with van der Waals surface area (Å²) in [6, 6.07) is 0. The number of aliphatic hydroxyl groups is 1. The molecule has 0 spiro atoms. The van der Waals surface area contributed by atoms with Gasteiger partial charge in [-0.05, 0) is 19.3 Å². The molecule has 0 aromatic carbocycles. The van der Waals surface area contributed by atoms with Crippen LogP contribution in [-0.2, 0) is 9.59 Å². The van der Waals surface area contributed by atoms with Crippen molar-refractivity contribution in [1.82, 2.24) is 0 Å². The number of aliphatic hydroxyl groups excluding tert-OH is 1. The molecule has 1 saturated carbocycles. The second-order valence-corrected chi connectivity index (χ2v) is 3.43. The molecule has 13 heavy (non-hydrogen) atoms. The number of hydrogen-bond donors (Lipinski definition) is 3. The zero-order valence-electron chi connectivity index (χ0n) is 7.01. The summed E-state index contributed by atoms with van der Waals surface area (Å²) in [5, 5.41) is 26.5. The molecule has 0 bridgehead atoms. The maximum atomic E-state index is 10.6. The predicted molar refractivity (Wildman–Crippen MR) is 42.1 cm³/mol. The lowest BCUT2D eigenvalue weighted by Gasteiger charge is -2.27. The van der Waals surface area contributed by atoms with Crippen molar-refractivity contribution in [2.45, 2.75) is 25.4 Å². The second kappa shape index (κ2) is 3.74. The van der Waals surface area contributed by atoms with Gasteiger partial charge in [-0.15, -0.1) is 0 Å². The van der Waals surface area contributed by atoms with E-state index in [4.69, 9.17) is 10.2 Å². The SMILES string of the molecule is O=C(O)C1CC(O)CC(C(=O)O)C1. The normalized spacial score (nSPS) is 34.1. The van der Waals surface area contributed by atoms with Crippen LogP contribution in [0.4, 0.5) is 0 Å². The third kappa shape index (κ3) is 2.42. The smallest absolute Gasteiger partial charge is 0.306 e. The van der Waals surface area contributed by atoms with E-state index < -0.39 is 29.9 Å². The Bertz CT molecular complexity index is 203. The topological polar surface area (TPSA) is 94.8 Å². The Hall–Kier alpha value is -1.10. The molecule has 2 atom stereocenters. The number of carboxylic acids is 2. The van der Waals surface area contributed by atoms with Crippen LogP contribution < -0.4 is 0 Å². The van der Waals surface area contributed by atoms with Crippen LogP contribution >= 0.6 is 0 Å². The fraction of sp³-hybridized carbons (Fsp3) is 0.750. The van der Waals surface area contributed by atoms with Gasteiger partial charge in [-0.1, -0.05) is 0 Å². The van der Waals surface area contributed by atoms with Crippen LogP contribution in [0, 0.1) is 11.8 Å². The summed E-state index contributed by atoms with van der Waals surface area (Å²) in [5.41, 5.74) is 0. The van der Waals surface area contributed by atoms with Gasteiger partial charge in [0, 0.05) is 0 Å². The lowest BCUT2D eigenvalue weighted by molar-refractivity contribution is -0.150. The highest BCUT2D eigenvalue weighted by Gasteiger charge is 2.35. The van der Waals surface area contributed by atoms with Crippen LogP contribution in [0.5, 0.6) is 0 Å². The molecule has 74 valence electrons. The van der Waals surface area contributed by atoms with Crippen LogP contribution in [0.25, 0.3) is 0 Å². The molecule has 1 fully saturated rings. The molecule has 5 nitrogen and oxygen atoms in total. The summed E-state index contributed by atoms with van der Waals surface area (Å²) in [6.07, 6.45) is -0.337. The van der Waals surface area contributed by atoms with Gasteiger partial charge in [0.2, 0.25) is 0 Å². The summed E-state index contributed by atoms with van der Waals surface area (Å²) in [4.78, 5) is 21.1. The van der Waals surface area contributed by atoms with Crippen molar-refractivity contribution in [3.63, 3.8) is 0 Å². The van der Waals surface area contributed by atoms with Gasteiger partial charge >= 0.3 is 11.9 Å². The van der Waals surface area contributed by atoms with E-state index in [1.807, 2.05) is 0 Å². The Morgan fingerprint density at radius 2 is 1.31 bits per heavy atom. The first-order chi connectivity index (χ1) is 6.00. The molecule has 5 heteroatoms. The Kier molecular flexibility index (Phi) is 2.87. The van der Waals surface area contributed by atoms with Gasteiger partial charge in [-0.3, -0.25) is 9.59 Å². The van der Waals surface area contributed by atoms with Gasteiger partial charge in [0.1, 0.15) is 0 Å². The van der Waals surface area contributed by atoms with Crippen LogP contribution in [0.1, 0.15) is 19.3 Å². The van der Waals surface area contributed by atoms with Crippen molar-refractivity contribution >= 4 is 11.9 Å². The molecule has 0 aromatic rings. The molecule has 0 amide bonds. The van der Waals surface area contributed by atoms with Gasteiger partial charge in [0.15, 0.2) is 0 Å². The molecule has 0 aromatic heterocycles. The fourth-order valence-electron chi connectivity index (χ4n) is 1.69. The Morgan fingerprint density at radius 1 is 0.923 bits per heavy atom. The lowest BCUT2D eigenvalue weighted by Crippen LogP contribution is -2.34. The molecule has 0 radical (unpaired) electrons. The Labute approximate surface area is 75.0 Å².